The highest BCUT2D eigenvalue weighted by atomic mass is 16.6. The molecule has 0 spiro atoms. The second-order valence-electron chi connectivity index (χ2n) is 14.9. The fourth-order valence-electron chi connectivity index (χ4n) is 8.20. The summed E-state index contributed by atoms with van der Waals surface area (Å²) in [4.78, 5) is 46.2. The van der Waals surface area contributed by atoms with E-state index in [9.17, 15) is 19.6 Å². The molecule has 300 valence electrons. The summed E-state index contributed by atoms with van der Waals surface area (Å²) in [6, 6.07) is 15.3. The smallest absolute Gasteiger partial charge is 0.512 e. The molecule has 2 amide bonds. The van der Waals surface area contributed by atoms with Crippen molar-refractivity contribution >= 4 is 25.1 Å². The number of rotatable bonds is 14. The van der Waals surface area contributed by atoms with Gasteiger partial charge in [0.05, 0.1) is 38.3 Å². The molecule has 57 heavy (non-hydrogen) atoms. The molecule has 0 radical (unpaired) electrons. The lowest BCUT2D eigenvalue weighted by molar-refractivity contribution is -0.159. The Morgan fingerprint density at radius 2 is 1.72 bits per heavy atom. The maximum Gasteiger partial charge on any atom is 0.707 e. The number of ether oxygens (including phenoxy) is 4. The average molecular weight is 782 g/mol. The van der Waals surface area contributed by atoms with Crippen molar-refractivity contribution in [1.82, 2.24) is 24.8 Å². The third-order valence-corrected chi connectivity index (χ3v) is 11.1. The van der Waals surface area contributed by atoms with E-state index < -0.39 is 31.2 Å². The fraction of sp³-hybridized carbons (Fsp3) is 0.439. The summed E-state index contributed by atoms with van der Waals surface area (Å²) in [5.41, 5.74) is 3.93. The molecule has 3 aromatic carbocycles. The van der Waals surface area contributed by atoms with Crippen LogP contribution in [0.2, 0.25) is 0 Å². The molecular formula is C41H48BN5O10. The number of amides is 2. The van der Waals surface area contributed by atoms with Crippen LogP contribution >= 0.6 is 0 Å². The van der Waals surface area contributed by atoms with E-state index in [2.05, 4.69) is 10.3 Å². The van der Waals surface area contributed by atoms with Crippen molar-refractivity contribution < 1.29 is 48.0 Å². The van der Waals surface area contributed by atoms with Crippen molar-refractivity contribution in [3.8, 4) is 23.0 Å². The Balaban J connectivity index is 1.22. The topological polar surface area (TPSA) is 175 Å². The van der Waals surface area contributed by atoms with Crippen LogP contribution in [0.1, 0.15) is 89.9 Å². The van der Waals surface area contributed by atoms with Gasteiger partial charge in [0.1, 0.15) is 41.9 Å². The van der Waals surface area contributed by atoms with Gasteiger partial charge in [-0.25, -0.2) is 4.68 Å². The first-order valence-electron chi connectivity index (χ1n) is 19.3. The van der Waals surface area contributed by atoms with Crippen LogP contribution in [0.4, 0.5) is 0 Å². The number of benzene rings is 3. The first-order valence-corrected chi connectivity index (χ1v) is 19.3. The number of esters is 1. The molecule has 1 saturated carbocycles. The lowest BCUT2D eigenvalue weighted by Gasteiger charge is -2.43. The third-order valence-electron chi connectivity index (χ3n) is 11.1. The lowest BCUT2D eigenvalue weighted by atomic mass is 9.77. The number of carbonyl (C=O) groups excluding carboxylic acids is 3. The Morgan fingerprint density at radius 1 is 0.947 bits per heavy atom. The normalized spacial score (nSPS) is 18.9. The van der Waals surface area contributed by atoms with Crippen LogP contribution in [0, 0.1) is 11.8 Å². The van der Waals surface area contributed by atoms with E-state index in [4.69, 9.17) is 23.6 Å². The highest BCUT2D eigenvalue weighted by molar-refractivity contribution is 6.33. The molecule has 0 saturated heterocycles. The van der Waals surface area contributed by atoms with Gasteiger partial charge in [0.15, 0.2) is 0 Å². The fourth-order valence-corrected chi connectivity index (χ4v) is 8.20. The van der Waals surface area contributed by atoms with Crippen LogP contribution in [0.15, 0.2) is 60.8 Å². The molecule has 7 rings (SSSR count). The molecule has 15 nitrogen and oxygen atoms in total. The first kappa shape index (κ1) is 39.6. The van der Waals surface area contributed by atoms with Gasteiger partial charge in [-0.05, 0) is 69.0 Å². The van der Waals surface area contributed by atoms with E-state index in [1.54, 1.807) is 64.2 Å². The van der Waals surface area contributed by atoms with E-state index in [-0.39, 0.29) is 56.3 Å². The van der Waals surface area contributed by atoms with Crippen molar-refractivity contribution in [3.63, 3.8) is 0 Å². The predicted molar refractivity (Wildman–Crippen MR) is 206 cm³/mol. The zero-order valence-electron chi connectivity index (χ0n) is 32.6. The summed E-state index contributed by atoms with van der Waals surface area (Å²) in [5, 5.41) is 28.2. The maximum atomic E-state index is 15.0. The van der Waals surface area contributed by atoms with Crippen molar-refractivity contribution in [1.29, 1.82) is 0 Å². The maximum absolute atomic E-state index is 15.0. The Hall–Kier alpha value is -5.61. The van der Waals surface area contributed by atoms with Gasteiger partial charge < -0.3 is 43.4 Å². The van der Waals surface area contributed by atoms with Gasteiger partial charge in [-0.3, -0.25) is 14.4 Å². The molecule has 4 aromatic rings. The van der Waals surface area contributed by atoms with Crippen molar-refractivity contribution in [3.05, 3.63) is 94.3 Å². The van der Waals surface area contributed by atoms with Gasteiger partial charge in [-0.2, -0.15) is 0 Å². The van der Waals surface area contributed by atoms with Crippen LogP contribution in [0.5, 0.6) is 23.0 Å². The highest BCUT2D eigenvalue weighted by Crippen LogP contribution is 2.45. The van der Waals surface area contributed by atoms with Crippen LogP contribution in [-0.2, 0) is 40.5 Å². The number of methoxy groups -OCH3 is 2. The van der Waals surface area contributed by atoms with Crippen LogP contribution < -0.4 is 18.9 Å². The molecule has 3 heterocycles. The Kier molecular flexibility index (Phi) is 12.0. The monoisotopic (exact) mass is 781 g/mol. The first-order chi connectivity index (χ1) is 27.6. The quantitative estimate of drug-likeness (QED) is 0.136. The summed E-state index contributed by atoms with van der Waals surface area (Å²) in [7, 11) is 1.00. The summed E-state index contributed by atoms with van der Waals surface area (Å²) in [6.07, 6.45) is 4.60. The number of hydrogen-bond donors (Lipinski definition) is 2. The van der Waals surface area contributed by atoms with Crippen molar-refractivity contribution in [2.24, 2.45) is 11.8 Å². The predicted octanol–water partition coefficient (Wildman–Crippen LogP) is 4.44. The Bertz CT molecular complexity index is 2110. The Labute approximate surface area is 331 Å². The van der Waals surface area contributed by atoms with Crippen molar-refractivity contribution in [2.45, 2.75) is 77.8 Å². The van der Waals surface area contributed by atoms with Crippen LogP contribution in [0.25, 0.3) is 0 Å². The number of nitrogens with zero attached hydrogens (tertiary/aromatic N) is 5. The van der Waals surface area contributed by atoms with E-state index in [1.807, 2.05) is 32.0 Å². The van der Waals surface area contributed by atoms with Gasteiger partial charge in [0, 0.05) is 54.0 Å². The summed E-state index contributed by atoms with van der Waals surface area (Å²) >= 11 is 0. The van der Waals surface area contributed by atoms with Gasteiger partial charge in [0.25, 0.3) is 5.91 Å². The number of carbonyl (C=O) groups is 3. The molecule has 16 heteroatoms. The van der Waals surface area contributed by atoms with Crippen LogP contribution in [-0.4, -0.2) is 87.3 Å². The van der Waals surface area contributed by atoms with E-state index in [1.165, 1.54) is 7.11 Å². The minimum Gasteiger partial charge on any atom is -0.512 e. The molecule has 3 aliphatic rings. The largest absolute Gasteiger partial charge is 0.707 e. The molecule has 2 N–H and O–H groups in total. The van der Waals surface area contributed by atoms with Gasteiger partial charge >= 0.3 is 13.3 Å². The SMILES string of the molecule is COc1ccc(COC(=O)[C@H]2CCCC[C@H]2C(=O)N2CCc3c(OB(O)O)ccc(OCc4cn(C(C)C)nn4)c3[C@H]2CN2Cc3ccccc3C2=O)c(OC)c1. The van der Waals surface area contributed by atoms with Crippen molar-refractivity contribution in [2.75, 3.05) is 27.3 Å². The zero-order chi connectivity index (χ0) is 40.2. The zero-order valence-corrected chi connectivity index (χ0v) is 32.6. The lowest BCUT2D eigenvalue weighted by Crippen LogP contribution is -2.50. The molecule has 0 bridgehead atoms. The number of fused-ring (bicyclic) bond motifs is 2. The standard InChI is InChI=1S/C41H48BN5O10/c1-25(2)47-21-28(43-44-47)24-55-36-16-15-35(57-42(51)52)33-17-18-46(34(38(33)36)22-45-20-26-9-5-6-10-30(26)39(45)48)40(49)31-11-7-8-12-32(31)41(50)56-23-27-13-14-29(53-3)19-37(27)54-4/h5-6,9-10,13-16,19,21,25,31-32,34,51-52H,7-8,11-12,17-18,20,22-24H2,1-4H3/t31-,32+,34-/m1/s1. The molecule has 2 aliphatic heterocycles. The van der Waals surface area contributed by atoms with E-state index >= 15 is 4.79 Å². The molecule has 0 unspecified atom stereocenters. The summed E-state index contributed by atoms with van der Waals surface area (Å²) < 4.78 is 30.3. The van der Waals surface area contributed by atoms with Gasteiger partial charge in [-0.1, -0.05) is 36.3 Å². The number of aromatic nitrogens is 3. The van der Waals surface area contributed by atoms with Gasteiger partial charge in [0.2, 0.25) is 5.91 Å². The highest BCUT2D eigenvalue weighted by Gasteiger charge is 2.45. The second kappa shape index (κ2) is 17.3. The molecule has 1 fully saturated rings. The Morgan fingerprint density at radius 3 is 2.44 bits per heavy atom. The van der Waals surface area contributed by atoms with Gasteiger partial charge in [-0.15, -0.1) is 5.10 Å². The molecule has 3 atom stereocenters. The number of hydrogen-bond acceptors (Lipinski definition) is 12. The van der Waals surface area contributed by atoms with Crippen LogP contribution in [0.3, 0.4) is 0 Å². The second-order valence-corrected chi connectivity index (χ2v) is 14.9. The minimum atomic E-state index is -2.09. The molecule has 1 aliphatic carbocycles. The molecule has 1 aromatic heterocycles. The average Bonchev–Trinajstić information content (AvgIpc) is 3.83. The molecular weight excluding hydrogens is 733 g/mol. The van der Waals surface area contributed by atoms with E-state index in [0.29, 0.717) is 64.6 Å². The summed E-state index contributed by atoms with van der Waals surface area (Å²) in [5.74, 6) is -0.439. The minimum absolute atomic E-state index is 0.0358. The van der Waals surface area contributed by atoms with E-state index in [0.717, 1.165) is 18.4 Å². The summed E-state index contributed by atoms with van der Waals surface area (Å²) in [6.45, 7) is 4.68. The third kappa shape index (κ3) is 8.42.